The molecule has 0 unspecified atom stereocenters. The first-order chi connectivity index (χ1) is 10.0. The lowest BCUT2D eigenvalue weighted by molar-refractivity contribution is -0.127. The SMILES string of the molecule is C=CCNC(=NCC(=O)N(C)C)NCCc1ncc(C)s1. The van der Waals surface area contributed by atoms with Gasteiger partial charge in [0.1, 0.15) is 6.54 Å². The van der Waals surface area contributed by atoms with E-state index in [0.717, 1.165) is 11.4 Å². The summed E-state index contributed by atoms with van der Waals surface area (Å²) in [7, 11) is 3.43. The smallest absolute Gasteiger partial charge is 0.243 e. The normalized spacial score (nSPS) is 11.1. The molecule has 1 aromatic heterocycles. The van der Waals surface area contributed by atoms with Crippen LogP contribution in [0.25, 0.3) is 0 Å². The number of aliphatic imine (C=N–C) groups is 1. The number of nitrogens with one attached hydrogen (secondary N) is 2. The van der Waals surface area contributed by atoms with Gasteiger partial charge in [-0.25, -0.2) is 9.98 Å². The van der Waals surface area contributed by atoms with Crippen LogP contribution in [0.2, 0.25) is 0 Å². The molecule has 0 aromatic carbocycles. The highest BCUT2D eigenvalue weighted by Crippen LogP contribution is 2.10. The molecule has 1 amide bonds. The summed E-state index contributed by atoms with van der Waals surface area (Å²) in [5.74, 6) is 0.573. The number of carbonyl (C=O) groups excluding carboxylic acids is 1. The number of aromatic nitrogens is 1. The maximum Gasteiger partial charge on any atom is 0.243 e. The van der Waals surface area contributed by atoms with Crippen LogP contribution in [0, 0.1) is 6.92 Å². The maximum atomic E-state index is 11.6. The number of thiazole rings is 1. The average molecular weight is 309 g/mol. The number of guanidine groups is 1. The van der Waals surface area contributed by atoms with Gasteiger partial charge >= 0.3 is 0 Å². The predicted octanol–water partition coefficient (Wildman–Crippen LogP) is 0.803. The fraction of sp³-hybridized carbons (Fsp3) is 0.500. The van der Waals surface area contributed by atoms with Gasteiger partial charge in [0, 0.05) is 44.7 Å². The van der Waals surface area contributed by atoms with Crippen LogP contribution in [-0.2, 0) is 11.2 Å². The fourth-order valence-corrected chi connectivity index (χ4v) is 2.22. The van der Waals surface area contributed by atoms with Crippen LogP contribution in [0.1, 0.15) is 9.88 Å². The molecule has 0 saturated carbocycles. The van der Waals surface area contributed by atoms with Gasteiger partial charge in [0.25, 0.3) is 0 Å². The largest absolute Gasteiger partial charge is 0.356 e. The molecule has 1 rings (SSSR count). The van der Waals surface area contributed by atoms with Gasteiger partial charge in [-0.1, -0.05) is 6.08 Å². The first-order valence-electron chi connectivity index (χ1n) is 6.77. The van der Waals surface area contributed by atoms with Crippen molar-refractivity contribution in [1.29, 1.82) is 0 Å². The first kappa shape index (κ1) is 17.2. The number of rotatable bonds is 7. The van der Waals surface area contributed by atoms with Crippen molar-refractivity contribution in [1.82, 2.24) is 20.5 Å². The zero-order valence-electron chi connectivity index (χ0n) is 12.8. The second-order valence-electron chi connectivity index (χ2n) is 4.66. The average Bonchev–Trinajstić information content (AvgIpc) is 2.86. The Morgan fingerprint density at radius 3 is 2.86 bits per heavy atom. The highest BCUT2D eigenvalue weighted by atomic mass is 32.1. The van der Waals surface area contributed by atoms with Gasteiger partial charge in [-0.2, -0.15) is 0 Å². The number of amides is 1. The molecular weight excluding hydrogens is 286 g/mol. The number of aryl methyl sites for hydroxylation is 1. The molecule has 0 bridgehead atoms. The molecule has 0 aliphatic rings. The monoisotopic (exact) mass is 309 g/mol. The minimum Gasteiger partial charge on any atom is -0.356 e. The molecule has 7 heteroatoms. The summed E-state index contributed by atoms with van der Waals surface area (Å²) in [6.45, 7) is 7.13. The van der Waals surface area contributed by atoms with Crippen LogP contribution in [0.15, 0.2) is 23.8 Å². The minimum absolute atomic E-state index is 0.0368. The lowest BCUT2D eigenvalue weighted by atomic mass is 10.4. The van der Waals surface area contributed by atoms with Crippen molar-refractivity contribution in [2.45, 2.75) is 13.3 Å². The zero-order chi connectivity index (χ0) is 15.7. The third-order valence-electron chi connectivity index (χ3n) is 2.59. The Labute approximate surface area is 130 Å². The standard InChI is InChI=1S/C14H23N5OS/c1-5-7-15-14(18-10-13(20)19(3)4)16-8-6-12-17-9-11(2)21-12/h5,9H,1,6-8,10H2,2-4H3,(H2,15,16,18). The Kier molecular flexibility index (Phi) is 7.45. The van der Waals surface area contributed by atoms with E-state index in [1.165, 1.54) is 9.78 Å². The predicted molar refractivity (Wildman–Crippen MR) is 87.8 cm³/mol. The van der Waals surface area contributed by atoms with Crippen molar-refractivity contribution in [2.75, 3.05) is 33.7 Å². The van der Waals surface area contributed by atoms with Crippen LogP contribution >= 0.6 is 11.3 Å². The van der Waals surface area contributed by atoms with E-state index in [1.54, 1.807) is 31.5 Å². The Hall–Kier alpha value is -1.89. The van der Waals surface area contributed by atoms with E-state index in [-0.39, 0.29) is 12.5 Å². The third kappa shape index (κ3) is 6.89. The Morgan fingerprint density at radius 2 is 2.29 bits per heavy atom. The van der Waals surface area contributed by atoms with Gasteiger partial charge in [0.05, 0.1) is 5.01 Å². The maximum absolute atomic E-state index is 11.6. The topological polar surface area (TPSA) is 69.6 Å². The van der Waals surface area contributed by atoms with E-state index in [4.69, 9.17) is 0 Å². The van der Waals surface area contributed by atoms with Crippen molar-refractivity contribution < 1.29 is 4.79 Å². The molecule has 0 atom stereocenters. The number of likely N-dealkylation sites (N-methyl/N-ethyl adjacent to an activating group) is 1. The summed E-state index contributed by atoms with van der Waals surface area (Å²) in [6.07, 6.45) is 4.45. The number of hydrogen-bond donors (Lipinski definition) is 2. The van der Waals surface area contributed by atoms with E-state index >= 15 is 0 Å². The fourth-order valence-electron chi connectivity index (χ4n) is 1.44. The van der Waals surface area contributed by atoms with Crippen molar-refractivity contribution in [3.05, 3.63) is 28.7 Å². The summed E-state index contributed by atoms with van der Waals surface area (Å²) in [6, 6.07) is 0. The van der Waals surface area contributed by atoms with E-state index in [0.29, 0.717) is 19.0 Å². The highest BCUT2D eigenvalue weighted by Gasteiger charge is 2.04. The van der Waals surface area contributed by atoms with Gasteiger partial charge in [-0.3, -0.25) is 4.79 Å². The molecular formula is C14H23N5OS. The molecule has 2 N–H and O–H groups in total. The van der Waals surface area contributed by atoms with Crippen molar-refractivity contribution in [2.24, 2.45) is 4.99 Å². The van der Waals surface area contributed by atoms with Gasteiger partial charge in [0.2, 0.25) is 5.91 Å². The van der Waals surface area contributed by atoms with E-state index in [9.17, 15) is 4.79 Å². The van der Waals surface area contributed by atoms with Crippen LogP contribution in [0.5, 0.6) is 0 Å². The molecule has 6 nitrogen and oxygen atoms in total. The van der Waals surface area contributed by atoms with Crippen LogP contribution < -0.4 is 10.6 Å². The second kappa shape index (κ2) is 9.12. The van der Waals surface area contributed by atoms with Gasteiger partial charge < -0.3 is 15.5 Å². The molecule has 0 fully saturated rings. The number of nitrogens with zero attached hydrogens (tertiary/aromatic N) is 3. The number of hydrogen-bond acceptors (Lipinski definition) is 4. The Balaban J connectivity index is 2.46. The lowest BCUT2D eigenvalue weighted by Gasteiger charge is -2.12. The van der Waals surface area contributed by atoms with Crippen LogP contribution in [0.3, 0.4) is 0 Å². The van der Waals surface area contributed by atoms with Crippen LogP contribution in [0.4, 0.5) is 0 Å². The molecule has 1 heterocycles. The third-order valence-corrected chi connectivity index (χ3v) is 3.56. The number of carbonyl (C=O) groups is 1. The minimum atomic E-state index is -0.0368. The van der Waals surface area contributed by atoms with Gasteiger partial charge in [-0.15, -0.1) is 17.9 Å². The molecule has 116 valence electrons. The van der Waals surface area contributed by atoms with Gasteiger partial charge in [0.15, 0.2) is 5.96 Å². The Morgan fingerprint density at radius 1 is 1.52 bits per heavy atom. The summed E-state index contributed by atoms with van der Waals surface area (Å²) < 4.78 is 0. The van der Waals surface area contributed by atoms with Crippen molar-refractivity contribution in [3.8, 4) is 0 Å². The van der Waals surface area contributed by atoms with Crippen molar-refractivity contribution >= 4 is 23.2 Å². The molecule has 0 radical (unpaired) electrons. The van der Waals surface area contributed by atoms with Crippen molar-refractivity contribution in [3.63, 3.8) is 0 Å². The second-order valence-corrected chi connectivity index (χ2v) is 5.98. The molecule has 21 heavy (non-hydrogen) atoms. The van der Waals surface area contributed by atoms with E-state index in [1.807, 2.05) is 13.1 Å². The van der Waals surface area contributed by atoms with E-state index in [2.05, 4.69) is 27.2 Å². The molecule has 0 saturated heterocycles. The van der Waals surface area contributed by atoms with Crippen LogP contribution in [-0.4, -0.2) is 55.5 Å². The lowest BCUT2D eigenvalue weighted by Crippen LogP contribution is -2.39. The summed E-state index contributed by atoms with van der Waals surface area (Å²) >= 11 is 1.69. The Bertz CT molecular complexity index is 495. The first-order valence-corrected chi connectivity index (χ1v) is 7.59. The molecule has 0 aliphatic carbocycles. The molecule has 1 aromatic rings. The molecule has 0 spiro atoms. The molecule has 0 aliphatic heterocycles. The summed E-state index contributed by atoms with van der Waals surface area (Å²) in [5.41, 5.74) is 0. The van der Waals surface area contributed by atoms with E-state index < -0.39 is 0 Å². The summed E-state index contributed by atoms with van der Waals surface area (Å²) in [4.78, 5) is 22.9. The zero-order valence-corrected chi connectivity index (χ0v) is 13.7. The van der Waals surface area contributed by atoms with Gasteiger partial charge in [-0.05, 0) is 6.92 Å². The highest BCUT2D eigenvalue weighted by molar-refractivity contribution is 7.11. The summed E-state index contributed by atoms with van der Waals surface area (Å²) in [5, 5.41) is 7.37. The quantitative estimate of drug-likeness (QED) is 0.444.